The summed E-state index contributed by atoms with van der Waals surface area (Å²) in [7, 11) is 0. The lowest BCUT2D eigenvalue weighted by molar-refractivity contribution is 0.0955. The molecular weight excluding hydrogens is 423 g/mol. The van der Waals surface area contributed by atoms with Crippen molar-refractivity contribution in [3.63, 3.8) is 0 Å². The molecule has 0 fully saturated rings. The van der Waals surface area contributed by atoms with Gasteiger partial charge in [-0.3, -0.25) is 9.59 Å². The third kappa shape index (κ3) is 5.04. The quantitative estimate of drug-likeness (QED) is 0.577. The summed E-state index contributed by atoms with van der Waals surface area (Å²) in [6.45, 7) is 0.400. The predicted molar refractivity (Wildman–Crippen MR) is 111 cm³/mol. The van der Waals surface area contributed by atoms with E-state index in [1.54, 1.807) is 54.6 Å². The van der Waals surface area contributed by atoms with Crippen LogP contribution in [0.5, 0.6) is 0 Å². The molecule has 0 saturated heterocycles. The van der Waals surface area contributed by atoms with Gasteiger partial charge >= 0.3 is 0 Å². The lowest BCUT2D eigenvalue weighted by Gasteiger charge is -2.12. The second kappa shape index (κ2) is 9.28. The highest BCUT2D eigenvalue weighted by atomic mass is 79.9. The minimum Gasteiger partial charge on any atom is -0.352 e. The minimum atomic E-state index is -0.306. The van der Waals surface area contributed by atoms with Crippen molar-refractivity contribution in [2.75, 3.05) is 11.9 Å². The van der Waals surface area contributed by atoms with Crippen molar-refractivity contribution >= 4 is 33.4 Å². The highest BCUT2D eigenvalue weighted by Crippen LogP contribution is 2.20. The molecule has 142 valence electrons. The number of halogens is 2. The average molecular weight is 441 g/mol. The SMILES string of the molecule is O=C(Nc1ccccc1C(=O)NCCc1ccc(F)cc1)c1ccccc1Br. The van der Waals surface area contributed by atoms with E-state index >= 15 is 0 Å². The Hall–Kier alpha value is -2.99. The Morgan fingerprint density at radius 1 is 0.821 bits per heavy atom. The predicted octanol–water partition coefficient (Wildman–Crippen LogP) is 4.81. The van der Waals surface area contributed by atoms with Crippen LogP contribution in [0.25, 0.3) is 0 Å². The molecule has 28 heavy (non-hydrogen) atoms. The van der Waals surface area contributed by atoms with Crippen molar-refractivity contribution in [1.29, 1.82) is 0 Å². The van der Waals surface area contributed by atoms with Gasteiger partial charge in [0.15, 0.2) is 0 Å². The number of benzene rings is 3. The van der Waals surface area contributed by atoms with Gasteiger partial charge in [0, 0.05) is 11.0 Å². The summed E-state index contributed by atoms with van der Waals surface area (Å²) in [4.78, 5) is 25.1. The summed E-state index contributed by atoms with van der Waals surface area (Å²) in [5, 5.41) is 5.63. The summed E-state index contributed by atoms with van der Waals surface area (Å²) in [6, 6.07) is 20.1. The number of para-hydroxylation sites is 1. The fourth-order valence-corrected chi connectivity index (χ4v) is 3.16. The first kappa shape index (κ1) is 19.8. The molecule has 2 N–H and O–H groups in total. The molecule has 0 bridgehead atoms. The summed E-state index contributed by atoms with van der Waals surface area (Å²) < 4.78 is 13.6. The lowest BCUT2D eigenvalue weighted by atomic mass is 10.1. The molecule has 0 heterocycles. The zero-order chi connectivity index (χ0) is 19.9. The molecule has 0 atom stereocenters. The largest absolute Gasteiger partial charge is 0.352 e. The van der Waals surface area contributed by atoms with Crippen LogP contribution in [0.15, 0.2) is 77.3 Å². The molecule has 3 aromatic carbocycles. The van der Waals surface area contributed by atoms with E-state index in [-0.39, 0.29) is 17.6 Å². The maximum Gasteiger partial charge on any atom is 0.256 e. The molecule has 0 aliphatic rings. The van der Waals surface area contributed by atoms with Gasteiger partial charge in [-0.15, -0.1) is 0 Å². The number of hydrogen-bond donors (Lipinski definition) is 2. The molecule has 0 aliphatic carbocycles. The van der Waals surface area contributed by atoms with E-state index in [2.05, 4.69) is 26.6 Å². The van der Waals surface area contributed by atoms with E-state index in [0.717, 1.165) is 5.56 Å². The topological polar surface area (TPSA) is 58.2 Å². The summed E-state index contributed by atoms with van der Waals surface area (Å²) in [5.74, 6) is -0.883. The van der Waals surface area contributed by atoms with Crippen molar-refractivity contribution in [2.45, 2.75) is 6.42 Å². The monoisotopic (exact) mass is 440 g/mol. The van der Waals surface area contributed by atoms with Crippen LogP contribution >= 0.6 is 15.9 Å². The Kier molecular flexibility index (Phi) is 6.55. The standard InChI is InChI=1S/C22H18BrFN2O2/c23-19-7-3-1-5-17(19)22(28)26-20-8-4-2-6-18(20)21(27)25-14-13-15-9-11-16(24)12-10-15/h1-12H,13-14H2,(H,25,27)(H,26,28). The Morgan fingerprint density at radius 3 is 2.18 bits per heavy atom. The molecule has 0 aromatic heterocycles. The number of rotatable bonds is 6. The van der Waals surface area contributed by atoms with Gasteiger partial charge in [0.2, 0.25) is 0 Å². The van der Waals surface area contributed by atoms with Crippen LogP contribution < -0.4 is 10.6 Å². The maximum absolute atomic E-state index is 12.9. The van der Waals surface area contributed by atoms with Gasteiger partial charge in [-0.1, -0.05) is 36.4 Å². The molecule has 0 radical (unpaired) electrons. The molecule has 4 nitrogen and oxygen atoms in total. The number of carbonyl (C=O) groups excluding carboxylic acids is 2. The summed E-state index contributed by atoms with van der Waals surface area (Å²) in [5.41, 5.74) is 2.22. The average Bonchev–Trinajstić information content (AvgIpc) is 2.70. The van der Waals surface area contributed by atoms with Crippen LogP contribution in [-0.4, -0.2) is 18.4 Å². The van der Waals surface area contributed by atoms with Crippen LogP contribution in [0, 0.1) is 5.82 Å². The van der Waals surface area contributed by atoms with Gasteiger partial charge in [0.1, 0.15) is 5.82 Å². The number of anilines is 1. The van der Waals surface area contributed by atoms with Gasteiger partial charge in [0.25, 0.3) is 11.8 Å². The Balaban J connectivity index is 1.65. The van der Waals surface area contributed by atoms with Gasteiger partial charge in [-0.2, -0.15) is 0 Å². The lowest BCUT2D eigenvalue weighted by Crippen LogP contribution is -2.27. The first-order valence-electron chi connectivity index (χ1n) is 8.72. The van der Waals surface area contributed by atoms with Crippen molar-refractivity contribution in [1.82, 2.24) is 5.32 Å². The number of nitrogens with one attached hydrogen (secondary N) is 2. The molecular formula is C22H18BrFN2O2. The summed E-state index contributed by atoms with van der Waals surface area (Å²) >= 11 is 3.35. The van der Waals surface area contributed by atoms with E-state index in [4.69, 9.17) is 0 Å². The highest BCUT2D eigenvalue weighted by Gasteiger charge is 2.15. The number of hydrogen-bond acceptors (Lipinski definition) is 2. The Bertz CT molecular complexity index is 990. The fourth-order valence-electron chi connectivity index (χ4n) is 2.69. The third-order valence-corrected chi connectivity index (χ3v) is 4.84. The molecule has 0 spiro atoms. The van der Waals surface area contributed by atoms with Crippen molar-refractivity contribution in [2.24, 2.45) is 0 Å². The van der Waals surface area contributed by atoms with Gasteiger partial charge in [-0.25, -0.2) is 4.39 Å². The first-order valence-corrected chi connectivity index (χ1v) is 9.51. The zero-order valence-electron chi connectivity index (χ0n) is 14.9. The zero-order valence-corrected chi connectivity index (χ0v) is 16.5. The molecule has 3 aromatic rings. The molecule has 2 amide bonds. The third-order valence-electron chi connectivity index (χ3n) is 4.15. The fraction of sp³-hybridized carbons (Fsp3) is 0.0909. The number of carbonyl (C=O) groups is 2. The van der Waals surface area contributed by atoms with Crippen LogP contribution in [0.3, 0.4) is 0 Å². The minimum absolute atomic E-state index is 0.287. The molecule has 6 heteroatoms. The molecule has 0 unspecified atom stereocenters. The highest BCUT2D eigenvalue weighted by molar-refractivity contribution is 9.10. The summed E-state index contributed by atoms with van der Waals surface area (Å²) in [6.07, 6.45) is 0.581. The smallest absolute Gasteiger partial charge is 0.256 e. The van der Waals surface area contributed by atoms with Crippen LogP contribution in [0.4, 0.5) is 10.1 Å². The molecule has 0 saturated carbocycles. The van der Waals surface area contributed by atoms with Crippen LogP contribution in [-0.2, 0) is 6.42 Å². The second-order valence-corrected chi connectivity index (χ2v) is 6.97. The van der Waals surface area contributed by atoms with Crippen molar-refractivity contribution in [3.8, 4) is 0 Å². The van der Waals surface area contributed by atoms with Gasteiger partial charge < -0.3 is 10.6 Å². The van der Waals surface area contributed by atoms with E-state index < -0.39 is 0 Å². The van der Waals surface area contributed by atoms with Crippen molar-refractivity contribution < 1.29 is 14.0 Å². The molecule has 3 rings (SSSR count). The molecule has 0 aliphatic heterocycles. The van der Waals surface area contributed by atoms with Gasteiger partial charge in [-0.05, 0) is 64.3 Å². The van der Waals surface area contributed by atoms with E-state index in [1.807, 2.05) is 6.07 Å². The Morgan fingerprint density at radius 2 is 1.46 bits per heavy atom. The van der Waals surface area contributed by atoms with E-state index in [9.17, 15) is 14.0 Å². The van der Waals surface area contributed by atoms with Gasteiger partial charge in [0.05, 0.1) is 16.8 Å². The van der Waals surface area contributed by atoms with Crippen molar-refractivity contribution in [3.05, 3.63) is 99.8 Å². The van der Waals surface area contributed by atoms with E-state index in [1.165, 1.54) is 12.1 Å². The normalized spacial score (nSPS) is 10.4. The maximum atomic E-state index is 12.9. The first-order chi connectivity index (χ1) is 13.5. The Labute approximate surface area is 170 Å². The van der Waals surface area contributed by atoms with Crippen LogP contribution in [0.1, 0.15) is 26.3 Å². The van der Waals surface area contributed by atoms with E-state index in [0.29, 0.717) is 34.3 Å². The number of amides is 2. The second-order valence-electron chi connectivity index (χ2n) is 6.11. The van der Waals surface area contributed by atoms with Crippen LogP contribution in [0.2, 0.25) is 0 Å².